The van der Waals surface area contributed by atoms with Crippen molar-refractivity contribution in [2.24, 2.45) is 0 Å². The van der Waals surface area contributed by atoms with Gasteiger partial charge in [0.2, 0.25) is 0 Å². The Balaban J connectivity index is 2.44. The molecule has 0 bridgehead atoms. The summed E-state index contributed by atoms with van der Waals surface area (Å²) in [6.45, 7) is 3.91. The lowest BCUT2D eigenvalue weighted by Crippen LogP contribution is -2.01. The first-order valence-corrected chi connectivity index (χ1v) is 5.41. The first kappa shape index (κ1) is 11.4. The average Bonchev–Trinajstić information content (AvgIpc) is 2.61. The zero-order chi connectivity index (χ0) is 12.4. The van der Waals surface area contributed by atoms with Crippen LogP contribution in [0.1, 0.15) is 16.8 Å². The number of carbonyl (C=O) groups is 1. The molecule has 2 rings (SSSR count). The smallest absolute Gasteiger partial charge is 0.309 e. The lowest BCUT2D eigenvalue weighted by atomic mass is 10.0. The fourth-order valence-electron chi connectivity index (χ4n) is 1.86. The van der Waals surface area contributed by atoms with E-state index >= 15 is 0 Å². The number of aliphatic carboxylic acids is 1. The first-order valence-electron chi connectivity index (χ1n) is 5.41. The van der Waals surface area contributed by atoms with E-state index < -0.39 is 5.97 Å². The molecular weight excluding hydrogens is 216 g/mol. The topological polar surface area (TPSA) is 66.0 Å². The minimum absolute atomic E-state index is 0.0231. The molecular formula is C13H14N2O2. The number of aromatic amines is 1. The second-order valence-electron chi connectivity index (χ2n) is 4.06. The quantitative estimate of drug-likeness (QED) is 0.850. The molecule has 0 aliphatic carbocycles. The van der Waals surface area contributed by atoms with E-state index in [1.807, 2.05) is 38.1 Å². The lowest BCUT2D eigenvalue weighted by Gasteiger charge is -2.03. The number of hydrogen-bond acceptors (Lipinski definition) is 2. The van der Waals surface area contributed by atoms with Gasteiger partial charge in [-0.15, -0.1) is 0 Å². The van der Waals surface area contributed by atoms with Crippen LogP contribution in [0.4, 0.5) is 0 Å². The van der Waals surface area contributed by atoms with Gasteiger partial charge >= 0.3 is 5.97 Å². The third-order valence-electron chi connectivity index (χ3n) is 2.84. The molecule has 88 valence electrons. The summed E-state index contributed by atoms with van der Waals surface area (Å²) in [5, 5.41) is 15.8. The Morgan fingerprint density at radius 1 is 1.35 bits per heavy atom. The van der Waals surface area contributed by atoms with E-state index in [1.54, 1.807) is 0 Å². The van der Waals surface area contributed by atoms with Crippen molar-refractivity contribution < 1.29 is 9.90 Å². The average molecular weight is 230 g/mol. The van der Waals surface area contributed by atoms with Crippen LogP contribution in [0.5, 0.6) is 0 Å². The molecule has 0 atom stereocenters. The minimum atomic E-state index is -0.854. The summed E-state index contributed by atoms with van der Waals surface area (Å²) in [7, 11) is 0. The van der Waals surface area contributed by atoms with Crippen LogP contribution in [0, 0.1) is 13.8 Å². The Bertz CT molecular complexity index is 558. The molecule has 1 heterocycles. The molecule has 17 heavy (non-hydrogen) atoms. The van der Waals surface area contributed by atoms with Crippen molar-refractivity contribution in [3.05, 3.63) is 41.1 Å². The van der Waals surface area contributed by atoms with Crippen LogP contribution in [-0.2, 0) is 11.2 Å². The van der Waals surface area contributed by atoms with Crippen molar-refractivity contribution in [2.45, 2.75) is 20.3 Å². The molecule has 1 aromatic carbocycles. The molecule has 4 nitrogen and oxygen atoms in total. The summed E-state index contributed by atoms with van der Waals surface area (Å²) in [6, 6.07) is 7.93. The van der Waals surface area contributed by atoms with Crippen molar-refractivity contribution in [1.82, 2.24) is 10.2 Å². The highest BCUT2D eigenvalue weighted by Crippen LogP contribution is 2.26. The standard InChI is InChI=1S/C13H14N2O2/c1-8-5-3-4-6-10(8)13-9(2)11(14-15-13)7-12(16)17/h3-6H,7H2,1-2H3,(H,14,15)(H,16,17). The molecule has 0 saturated carbocycles. The third kappa shape index (κ3) is 2.20. The summed E-state index contributed by atoms with van der Waals surface area (Å²) in [5.74, 6) is -0.854. The number of carboxylic acids is 1. The molecule has 0 spiro atoms. The van der Waals surface area contributed by atoms with Gasteiger partial charge in [-0.25, -0.2) is 0 Å². The molecule has 2 aromatic rings. The number of carboxylic acid groups (broad SMARTS) is 1. The Kier molecular flexibility index (Phi) is 2.95. The highest BCUT2D eigenvalue weighted by molar-refractivity contribution is 5.73. The summed E-state index contributed by atoms with van der Waals surface area (Å²) in [4.78, 5) is 10.7. The molecule has 0 amide bonds. The van der Waals surface area contributed by atoms with Crippen LogP contribution in [0.15, 0.2) is 24.3 Å². The number of rotatable bonds is 3. The number of nitrogens with zero attached hydrogens (tertiary/aromatic N) is 1. The number of aromatic nitrogens is 2. The van der Waals surface area contributed by atoms with Crippen molar-refractivity contribution in [3.8, 4) is 11.3 Å². The molecule has 2 N–H and O–H groups in total. The molecule has 0 fully saturated rings. The SMILES string of the molecule is Cc1ccccc1-c1n[nH]c(CC(=O)O)c1C. The van der Waals surface area contributed by atoms with Crippen molar-refractivity contribution in [2.75, 3.05) is 0 Å². The van der Waals surface area contributed by atoms with Gasteiger partial charge in [0, 0.05) is 11.3 Å². The Hall–Kier alpha value is -2.10. The summed E-state index contributed by atoms with van der Waals surface area (Å²) < 4.78 is 0. The maximum absolute atomic E-state index is 10.7. The van der Waals surface area contributed by atoms with Crippen LogP contribution < -0.4 is 0 Å². The van der Waals surface area contributed by atoms with Crippen molar-refractivity contribution >= 4 is 5.97 Å². The third-order valence-corrected chi connectivity index (χ3v) is 2.84. The fraction of sp³-hybridized carbons (Fsp3) is 0.231. The van der Waals surface area contributed by atoms with E-state index in [9.17, 15) is 4.79 Å². The van der Waals surface area contributed by atoms with Gasteiger partial charge in [-0.1, -0.05) is 24.3 Å². The van der Waals surface area contributed by atoms with Gasteiger partial charge in [-0.2, -0.15) is 5.10 Å². The van der Waals surface area contributed by atoms with Crippen molar-refractivity contribution in [1.29, 1.82) is 0 Å². The van der Waals surface area contributed by atoms with E-state index in [1.165, 1.54) is 0 Å². The van der Waals surface area contributed by atoms with Crippen LogP contribution in [0.3, 0.4) is 0 Å². The zero-order valence-electron chi connectivity index (χ0n) is 9.82. The summed E-state index contributed by atoms with van der Waals surface area (Å²) in [5.41, 5.74) is 4.57. The van der Waals surface area contributed by atoms with E-state index in [0.717, 1.165) is 22.4 Å². The first-order chi connectivity index (χ1) is 8.09. The van der Waals surface area contributed by atoms with Gasteiger partial charge < -0.3 is 5.11 Å². The number of hydrogen-bond donors (Lipinski definition) is 2. The maximum Gasteiger partial charge on any atom is 0.309 e. The van der Waals surface area contributed by atoms with E-state index in [-0.39, 0.29) is 6.42 Å². The predicted octanol–water partition coefficient (Wildman–Crippen LogP) is 2.32. The Labute approximate surface area is 99.3 Å². The molecule has 0 aliphatic heterocycles. The van der Waals surface area contributed by atoms with Gasteiger partial charge in [0.1, 0.15) is 0 Å². The maximum atomic E-state index is 10.7. The highest BCUT2D eigenvalue weighted by atomic mass is 16.4. The van der Waals surface area contributed by atoms with Gasteiger partial charge in [0.15, 0.2) is 0 Å². The largest absolute Gasteiger partial charge is 0.481 e. The lowest BCUT2D eigenvalue weighted by molar-refractivity contribution is -0.136. The summed E-state index contributed by atoms with van der Waals surface area (Å²) >= 11 is 0. The predicted molar refractivity (Wildman–Crippen MR) is 64.8 cm³/mol. The van der Waals surface area contributed by atoms with Crippen LogP contribution in [0.25, 0.3) is 11.3 Å². The van der Waals surface area contributed by atoms with Gasteiger partial charge in [0.25, 0.3) is 0 Å². The van der Waals surface area contributed by atoms with Gasteiger partial charge in [0.05, 0.1) is 12.1 Å². The molecule has 0 radical (unpaired) electrons. The molecule has 0 saturated heterocycles. The summed E-state index contributed by atoms with van der Waals surface area (Å²) in [6.07, 6.45) is -0.0231. The van der Waals surface area contributed by atoms with Crippen LogP contribution >= 0.6 is 0 Å². The van der Waals surface area contributed by atoms with E-state index in [0.29, 0.717) is 5.69 Å². The van der Waals surface area contributed by atoms with Gasteiger partial charge in [-0.05, 0) is 25.0 Å². The van der Waals surface area contributed by atoms with E-state index in [4.69, 9.17) is 5.11 Å². The number of benzene rings is 1. The molecule has 0 unspecified atom stereocenters. The highest BCUT2D eigenvalue weighted by Gasteiger charge is 2.14. The normalized spacial score (nSPS) is 10.5. The number of aryl methyl sites for hydroxylation is 1. The zero-order valence-corrected chi connectivity index (χ0v) is 9.82. The molecule has 1 aromatic heterocycles. The van der Waals surface area contributed by atoms with Crippen molar-refractivity contribution in [3.63, 3.8) is 0 Å². The van der Waals surface area contributed by atoms with Crippen LogP contribution in [0.2, 0.25) is 0 Å². The van der Waals surface area contributed by atoms with E-state index in [2.05, 4.69) is 10.2 Å². The number of nitrogens with one attached hydrogen (secondary N) is 1. The Morgan fingerprint density at radius 3 is 2.71 bits per heavy atom. The van der Waals surface area contributed by atoms with Crippen LogP contribution in [-0.4, -0.2) is 21.3 Å². The minimum Gasteiger partial charge on any atom is -0.481 e. The second-order valence-corrected chi connectivity index (χ2v) is 4.06. The Morgan fingerprint density at radius 2 is 2.06 bits per heavy atom. The molecule has 4 heteroatoms. The monoisotopic (exact) mass is 230 g/mol. The number of H-pyrrole nitrogens is 1. The molecule has 0 aliphatic rings. The second kappa shape index (κ2) is 4.41. The fourth-order valence-corrected chi connectivity index (χ4v) is 1.86. The van der Waals surface area contributed by atoms with Gasteiger partial charge in [-0.3, -0.25) is 9.89 Å².